The lowest BCUT2D eigenvalue weighted by Gasteiger charge is -2.55. The first-order chi connectivity index (χ1) is 15.1. The average molecular weight is 439 g/mol. The van der Waals surface area contributed by atoms with Crippen LogP contribution in [0, 0.1) is 16.5 Å². The predicted octanol–water partition coefficient (Wildman–Crippen LogP) is 5.61. The summed E-state index contributed by atoms with van der Waals surface area (Å²) in [7, 11) is 0. The summed E-state index contributed by atoms with van der Waals surface area (Å²) in [6, 6.07) is 12.2. The quantitative estimate of drug-likeness (QED) is 0.366. The van der Waals surface area contributed by atoms with Crippen molar-refractivity contribution in [2.45, 2.75) is 70.8 Å². The van der Waals surface area contributed by atoms with Crippen LogP contribution in [0.25, 0.3) is 0 Å². The van der Waals surface area contributed by atoms with E-state index in [4.69, 9.17) is 9.94 Å². The number of hydrogen-bond donors (Lipinski definition) is 2. The van der Waals surface area contributed by atoms with Crippen molar-refractivity contribution in [2.24, 2.45) is 11.3 Å². The van der Waals surface area contributed by atoms with Crippen LogP contribution in [0.15, 0.2) is 42.5 Å². The van der Waals surface area contributed by atoms with Crippen LogP contribution in [0.4, 0.5) is 5.69 Å². The highest BCUT2D eigenvalue weighted by Crippen LogP contribution is 2.59. The Hall–Kier alpha value is -2.41. The summed E-state index contributed by atoms with van der Waals surface area (Å²) in [5.74, 6) is 0.332. The number of aliphatic hydroxyl groups is 1. The number of ether oxygens (including phenoxy) is 1. The zero-order valence-corrected chi connectivity index (χ0v) is 19.2. The van der Waals surface area contributed by atoms with Gasteiger partial charge >= 0.3 is 5.97 Å². The Morgan fingerprint density at radius 3 is 2.47 bits per heavy atom. The van der Waals surface area contributed by atoms with Crippen molar-refractivity contribution < 1.29 is 19.8 Å². The van der Waals surface area contributed by atoms with Gasteiger partial charge in [-0.2, -0.15) is 0 Å². The number of aliphatic hydroxyl groups excluding tert-OH is 1. The normalized spacial score (nSPS) is 29.2. The van der Waals surface area contributed by atoms with Gasteiger partial charge in [0.05, 0.1) is 17.2 Å². The number of esters is 1. The molecule has 1 fully saturated rings. The molecule has 2 N–H and O–H groups in total. The zero-order chi connectivity index (χ0) is 23.3. The van der Waals surface area contributed by atoms with E-state index in [-0.39, 0.29) is 28.2 Å². The number of carbonyl (C=O) groups is 1. The number of carbonyl (C=O) groups excluding carboxylic acids is 1. The molecule has 0 aliphatic heterocycles. The van der Waals surface area contributed by atoms with Crippen LogP contribution in [0.2, 0.25) is 0 Å². The Bertz CT molecular complexity index is 1000. The van der Waals surface area contributed by atoms with Crippen molar-refractivity contribution >= 4 is 11.7 Å². The van der Waals surface area contributed by atoms with Crippen LogP contribution in [0.5, 0.6) is 5.75 Å². The first-order valence-corrected chi connectivity index (χ1v) is 11.4. The summed E-state index contributed by atoms with van der Waals surface area (Å²) in [6.07, 6.45) is 2.46. The van der Waals surface area contributed by atoms with Crippen LogP contribution < -0.4 is 9.96 Å². The third kappa shape index (κ3) is 3.70. The molecule has 0 unspecified atom stereocenters. The predicted molar refractivity (Wildman–Crippen MR) is 123 cm³/mol. The Labute approximate surface area is 189 Å². The molecule has 2 aliphatic carbocycles. The number of fused-ring (bicyclic) bond motifs is 3. The van der Waals surface area contributed by atoms with Crippen LogP contribution in [-0.2, 0) is 10.2 Å². The van der Waals surface area contributed by atoms with Crippen LogP contribution in [0.3, 0.4) is 0 Å². The molecule has 4 atom stereocenters. The fourth-order valence-electron chi connectivity index (χ4n) is 5.91. The van der Waals surface area contributed by atoms with Crippen molar-refractivity contribution in [3.05, 3.63) is 64.4 Å². The first-order valence-electron chi connectivity index (χ1n) is 11.4. The first kappa shape index (κ1) is 22.8. The smallest absolute Gasteiger partial charge is 0.317 e. The van der Waals surface area contributed by atoms with Gasteiger partial charge in [0, 0.05) is 0 Å². The standard InChI is InChI=1S/C26H32NO5/c1-16(2)17-6-11-21-20(14-17)22(28)15-23-25(21,3)12-5-13-26(23,4)24(29)32-19-9-7-18(8-10-19)27(30)31/h6-11,14,16,22-23,28,30H,5,12-13,15H2,1-4H3/q-1/t22-,23-,25-,26-/m1/s1. The second kappa shape index (κ2) is 8.18. The minimum Gasteiger partial charge on any atom is -0.733 e. The second-order valence-corrected chi connectivity index (χ2v) is 10.2. The molecule has 32 heavy (non-hydrogen) atoms. The maximum atomic E-state index is 13.4. The number of benzene rings is 2. The van der Waals surface area contributed by atoms with Gasteiger partial charge in [-0.3, -0.25) is 10.0 Å². The molecule has 6 heteroatoms. The maximum Gasteiger partial charge on any atom is 0.317 e. The van der Waals surface area contributed by atoms with Gasteiger partial charge in [0.25, 0.3) is 0 Å². The number of hydrogen-bond acceptors (Lipinski definition) is 6. The Balaban J connectivity index is 1.65. The van der Waals surface area contributed by atoms with Gasteiger partial charge in [0.1, 0.15) is 5.75 Å². The van der Waals surface area contributed by atoms with Gasteiger partial charge in [-0.05, 0) is 84.4 Å². The third-order valence-corrected chi connectivity index (χ3v) is 7.84. The van der Waals surface area contributed by atoms with Crippen LogP contribution >= 0.6 is 0 Å². The van der Waals surface area contributed by atoms with E-state index in [2.05, 4.69) is 39.0 Å². The van der Waals surface area contributed by atoms with E-state index in [0.717, 1.165) is 24.0 Å². The highest BCUT2D eigenvalue weighted by atomic mass is 16.8. The Kier molecular flexibility index (Phi) is 5.82. The van der Waals surface area contributed by atoms with Crippen molar-refractivity contribution in [2.75, 3.05) is 5.23 Å². The fourth-order valence-corrected chi connectivity index (χ4v) is 5.91. The largest absolute Gasteiger partial charge is 0.733 e. The lowest BCUT2D eigenvalue weighted by molar-refractivity contribution is -0.156. The molecule has 0 bridgehead atoms. The molecule has 0 radical (unpaired) electrons. The molecule has 0 spiro atoms. The minimum absolute atomic E-state index is 0.0579. The molecule has 0 amide bonds. The molecular weight excluding hydrogens is 406 g/mol. The molecule has 4 rings (SSSR count). The summed E-state index contributed by atoms with van der Waals surface area (Å²) >= 11 is 0. The number of rotatable bonds is 4. The van der Waals surface area contributed by atoms with Crippen molar-refractivity contribution in [1.29, 1.82) is 0 Å². The van der Waals surface area contributed by atoms with Crippen molar-refractivity contribution in [3.8, 4) is 5.75 Å². The van der Waals surface area contributed by atoms with Gasteiger partial charge in [-0.25, -0.2) is 0 Å². The Morgan fingerprint density at radius 2 is 1.84 bits per heavy atom. The van der Waals surface area contributed by atoms with E-state index in [0.29, 0.717) is 24.5 Å². The number of anilines is 1. The lowest BCUT2D eigenvalue weighted by Crippen LogP contribution is -2.54. The average Bonchev–Trinajstić information content (AvgIpc) is 2.75. The molecular formula is C26H32NO5-. The molecule has 2 aromatic carbocycles. The highest BCUT2D eigenvalue weighted by molar-refractivity contribution is 5.80. The molecule has 1 saturated carbocycles. The number of nitrogens with zero attached hydrogens (tertiary/aromatic N) is 1. The van der Waals surface area contributed by atoms with Gasteiger partial charge < -0.3 is 20.3 Å². The van der Waals surface area contributed by atoms with E-state index < -0.39 is 11.5 Å². The maximum absolute atomic E-state index is 13.4. The SMILES string of the molecule is CC(C)c1ccc2c(c1)[C@H](O)C[C@H]1[C@](C)(C(=O)Oc3ccc(N([O-])O)cc3)CCC[C@]21C. The zero-order valence-electron chi connectivity index (χ0n) is 19.2. The van der Waals surface area contributed by atoms with E-state index in [1.54, 1.807) is 0 Å². The summed E-state index contributed by atoms with van der Waals surface area (Å²) in [4.78, 5) is 13.4. The van der Waals surface area contributed by atoms with Crippen molar-refractivity contribution in [3.63, 3.8) is 0 Å². The Morgan fingerprint density at radius 1 is 1.16 bits per heavy atom. The molecule has 0 saturated heterocycles. The van der Waals surface area contributed by atoms with Gasteiger partial charge in [-0.15, -0.1) is 0 Å². The third-order valence-electron chi connectivity index (χ3n) is 7.84. The van der Waals surface area contributed by atoms with E-state index >= 15 is 0 Å². The van der Waals surface area contributed by atoms with Gasteiger partial charge in [-0.1, -0.05) is 45.4 Å². The monoisotopic (exact) mass is 438 g/mol. The second-order valence-electron chi connectivity index (χ2n) is 10.2. The molecule has 6 nitrogen and oxygen atoms in total. The van der Waals surface area contributed by atoms with Crippen LogP contribution in [-0.4, -0.2) is 16.3 Å². The summed E-state index contributed by atoms with van der Waals surface area (Å²) in [6.45, 7) is 8.48. The lowest BCUT2D eigenvalue weighted by atomic mass is 9.49. The van der Waals surface area contributed by atoms with E-state index in [9.17, 15) is 15.1 Å². The summed E-state index contributed by atoms with van der Waals surface area (Å²) in [5.41, 5.74) is 2.45. The molecule has 172 valence electrons. The highest BCUT2D eigenvalue weighted by Gasteiger charge is 2.57. The molecule has 2 aliphatic rings. The summed E-state index contributed by atoms with van der Waals surface area (Å²) < 4.78 is 5.74. The summed E-state index contributed by atoms with van der Waals surface area (Å²) in [5, 5.41) is 30.9. The van der Waals surface area contributed by atoms with E-state index in [1.165, 1.54) is 29.8 Å². The minimum atomic E-state index is -0.747. The van der Waals surface area contributed by atoms with Gasteiger partial charge in [0.2, 0.25) is 0 Å². The van der Waals surface area contributed by atoms with Crippen molar-refractivity contribution in [1.82, 2.24) is 0 Å². The van der Waals surface area contributed by atoms with Crippen LogP contribution in [0.1, 0.15) is 82.1 Å². The topological polar surface area (TPSA) is 93.1 Å². The molecule has 2 aromatic rings. The molecule has 0 heterocycles. The molecule has 0 aromatic heterocycles. The van der Waals surface area contributed by atoms with Gasteiger partial charge in [0.15, 0.2) is 0 Å². The van der Waals surface area contributed by atoms with E-state index in [1.807, 2.05) is 6.92 Å². The fraction of sp³-hybridized carbons (Fsp3) is 0.500.